The molecule has 1 unspecified atom stereocenters. The topological polar surface area (TPSA) is 116 Å². The Morgan fingerprint density at radius 3 is 2.70 bits per heavy atom. The van der Waals surface area contributed by atoms with Gasteiger partial charge in [-0.25, -0.2) is 4.79 Å². The highest BCUT2D eigenvalue weighted by molar-refractivity contribution is 6.01. The van der Waals surface area contributed by atoms with Gasteiger partial charge in [0.05, 0.1) is 17.2 Å². The molecule has 1 atom stereocenters. The zero-order valence-electron chi connectivity index (χ0n) is 10.5. The molecule has 1 aliphatic heterocycles. The van der Waals surface area contributed by atoms with Gasteiger partial charge < -0.3 is 20.8 Å². The summed E-state index contributed by atoms with van der Waals surface area (Å²) in [6, 6.07) is 3.70. The number of hydrogen-bond donors (Lipinski definition) is 4. The van der Waals surface area contributed by atoms with E-state index in [1.807, 2.05) is 0 Å². The fraction of sp³-hybridized carbons (Fsp3) is 0.308. The SMILES string of the molecule is O=C1CCC(C(=O)Nc2ccc(O)cc2C(=O)O)CN1. The fourth-order valence-corrected chi connectivity index (χ4v) is 2.01. The molecule has 106 valence electrons. The minimum atomic E-state index is -1.24. The number of aromatic carboxylic acids is 1. The third-order valence-corrected chi connectivity index (χ3v) is 3.13. The molecule has 0 saturated carbocycles. The van der Waals surface area contributed by atoms with E-state index in [1.54, 1.807) is 0 Å². The number of carboxylic acid groups (broad SMARTS) is 1. The number of phenols is 1. The minimum Gasteiger partial charge on any atom is -0.508 e. The molecule has 0 radical (unpaired) electrons. The lowest BCUT2D eigenvalue weighted by atomic mass is 9.98. The maximum atomic E-state index is 12.0. The molecular formula is C13H14N2O5. The van der Waals surface area contributed by atoms with E-state index in [2.05, 4.69) is 10.6 Å². The third-order valence-electron chi connectivity index (χ3n) is 3.13. The summed E-state index contributed by atoms with van der Waals surface area (Å²) >= 11 is 0. The highest BCUT2D eigenvalue weighted by atomic mass is 16.4. The van der Waals surface area contributed by atoms with Gasteiger partial charge in [-0.3, -0.25) is 9.59 Å². The maximum absolute atomic E-state index is 12.0. The van der Waals surface area contributed by atoms with Crippen LogP contribution in [0.1, 0.15) is 23.2 Å². The minimum absolute atomic E-state index is 0.0927. The Balaban J connectivity index is 2.11. The second-order valence-electron chi connectivity index (χ2n) is 4.56. The van der Waals surface area contributed by atoms with Gasteiger partial charge in [0.1, 0.15) is 5.75 Å². The summed E-state index contributed by atoms with van der Waals surface area (Å²) in [5.41, 5.74) is -0.0598. The van der Waals surface area contributed by atoms with E-state index in [0.717, 1.165) is 6.07 Å². The van der Waals surface area contributed by atoms with Crippen molar-refractivity contribution in [1.29, 1.82) is 0 Å². The van der Waals surface area contributed by atoms with Crippen LogP contribution in [0.2, 0.25) is 0 Å². The molecule has 0 spiro atoms. The lowest BCUT2D eigenvalue weighted by Crippen LogP contribution is -2.40. The Labute approximate surface area is 114 Å². The van der Waals surface area contributed by atoms with Gasteiger partial charge in [-0.05, 0) is 24.6 Å². The zero-order valence-corrected chi connectivity index (χ0v) is 10.5. The number of rotatable bonds is 3. The van der Waals surface area contributed by atoms with Crippen molar-refractivity contribution in [2.75, 3.05) is 11.9 Å². The summed E-state index contributed by atoms with van der Waals surface area (Å²) < 4.78 is 0. The van der Waals surface area contributed by atoms with E-state index in [-0.39, 0.29) is 47.7 Å². The molecular weight excluding hydrogens is 264 g/mol. The highest BCUT2D eigenvalue weighted by Gasteiger charge is 2.25. The molecule has 4 N–H and O–H groups in total. The number of nitrogens with one attached hydrogen (secondary N) is 2. The Morgan fingerprint density at radius 2 is 2.10 bits per heavy atom. The molecule has 2 amide bonds. The van der Waals surface area contributed by atoms with Crippen LogP contribution in [0.5, 0.6) is 5.75 Å². The van der Waals surface area contributed by atoms with Crippen LogP contribution in [0.15, 0.2) is 18.2 Å². The smallest absolute Gasteiger partial charge is 0.337 e. The number of carboxylic acids is 1. The number of piperidine rings is 1. The molecule has 1 fully saturated rings. The van der Waals surface area contributed by atoms with Crippen molar-refractivity contribution in [3.8, 4) is 5.75 Å². The molecule has 1 aromatic rings. The van der Waals surface area contributed by atoms with Gasteiger partial charge in [0.25, 0.3) is 0 Å². The Kier molecular flexibility index (Phi) is 3.88. The van der Waals surface area contributed by atoms with Crippen molar-refractivity contribution >= 4 is 23.5 Å². The van der Waals surface area contributed by atoms with Crippen molar-refractivity contribution < 1.29 is 24.6 Å². The molecule has 1 aromatic carbocycles. The summed E-state index contributed by atoms with van der Waals surface area (Å²) in [5.74, 6) is -2.26. The Bertz CT molecular complexity index is 560. The molecule has 0 aromatic heterocycles. The van der Waals surface area contributed by atoms with Crippen LogP contribution in [0.4, 0.5) is 5.69 Å². The predicted molar refractivity (Wildman–Crippen MR) is 69.4 cm³/mol. The third kappa shape index (κ3) is 3.05. The largest absolute Gasteiger partial charge is 0.508 e. The van der Waals surface area contributed by atoms with E-state index in [0.29, 0.717) is 6.42 Å². The molecule has 2 rings (SSSR count). The fourth-order valence-electron chi connectivity index (χ4n) is 2.01. The van der Waals surface area contributed by atoms with Gasteiger partial charge in [-0.15, -0.1) is 0 Å². The van der Waals surface area contributed by atoms with Gasteiger partial charge in [0.2, 0.25) is 11.8 Å². The number of anilines is 1. The maximum Gasteiger partial charge on any atom is 0.337 e. The highest BCUT2D eigenvalue weighted by Crippen LogP contribution is 2.22. The average molecular weight is 278 g/mol. The van der Waals surface area contributed by atoms with Crippen molar-refractivity contribution in [1.82, 2.24) is 5.32 Å². The summed E-state index contributed by atoms with van der Waals surface area (Å²) in [4.78, 5) is 34.1. The number of phenolic OH excluding ortho intramolecular Hbond substituents is 1. The molecule has 7 heteroatoms. The van der Waals surface area contributed by atoms with Crippen LogP contribution < -0.4 is 10.6 Å². The first-order valence-electron chi connectivity index (χ1n) is 6.11. The van der Waals surface area contributed by atoms with Gasteiger partial charge in [-0.2, -0.15) is 0 Å². The monoisotopic (exact) mass is 278 g/mol. The number of aromatic hydroxyl groups is 1. The lowest BCUT2D eigenvalue weighted by molar-refractivity contribution is -0.126. The first-order chi connectivity index (χ1) is 9.47. The molecule has 20 heavy (non-hydrogen) atoms. The number of hydrogen-bond acceptors (Lipinski definition) is 4. The zero-order chi connectivity index (χ0) is 14.7. The number of amides is 2. The number of carbonyl (C=O) groups is 3. The van der Waals surface area contributed by atoms with Crippen LogP contribution in [-0.2, 0) is 9.59 Å². The quantitative estimate of drug-likeness (QED) is 0.603. The molecule has 1 heterocycles. The molecule has 0 bridgehead atoms. The molecule has 7 nitrogen and oxygen atoms in total. The standard InChI is InChI=1S/C13H14N2O5/c16-8-2-3-10(9(5-8)13(19)20)15-12(18)7-1-4-11(17)14-6-7/h2-3,5,7,16H,1,4,6H2,(H,14,17)(H,15,18)(H,19,20). The van der Waals surface area contributed by atoms with E-state index >= 15 is 0 Å². The second kappa shape index (κ2) is 5.60. The normalized spacial score (nSPS) is 18.2. The van der Waals surface area contributed by atoms with Crippen LogP contribution in [0.25, 0.3) is 0 Å². The number of carbonyl (C=O) groups excluding carboxylic acids is 2. The summed E-state index contributed by atoms with van der Waals surface area (Å²) in [5, 5.41) is 23.4. The van der Waals surface area contributed by atoms with Crippen molar-refractivity contribution in [2.45, 2.75) is 12.8 Å². The Morgan fingerprint density at radius 1 is 1.35 bits per heavy atom. The molecule has 1 aliphatic rings. The van der Waals surface area contributed by atoms with Crippen LogP contribution in [0.3, 0.4) is 0 Å². The van der Waals surface area contributed by atoms with E-state index in [1.165, 1.54) is 12.1 Å². The van der Waals surface area contributed by atoms with Gasteiger partial charge in [-0.1, -0.05) is 0 Å². The summed E-state index contributed by atoms with van der Waals surface area (Å²) in [7, 11) is 0. The van der Waals surface area contributed by atoms with Crippen molar-refractivity contribution in [3.63, 3.8) is 0 Å². The number of benzene rings is 1. The van der Waals surface area contributed by atoms with Crippen molar-refractivity contribution in [3.05, 3.63) is 23.8 Å². The van der Waals surface area contributed by atoms with Crippen molar-refractivity contribution in [2.24, 2.45) is 5.92 Å². The van der Waals surface area contributed by atoms with Gasteiger partial charge in [0, 0.05) is 13.0 Å². The van der Waals surface area contributed by atoms with E-state index in [4.69, 9.17) is 5.11 Å². The summed E-state index contributed by atoms with van der Waals surface area (Å²) in [6.45, 7) is 0.241. The van der Waals surface area contributed by atoms with Gasteiger partial charge in [0.15, 0.2) is 0 Å². The summed E-state index contributed by atoms with van der Waals surface area (Å²) in [6.07, 6.45) is 0.706. The first kappa shape index (κ1) is 13.9. The average Bonchev–Trinajstić information content (AvgIpc) is 2.41. The molecule has 0 aliphatic carbocycles. The first-order valence-corrected chi connectivity index (χ1v) is 6.11. The molecule has 1 saturated heterocycles. The predicted octanol–water partition coefficient (Wildman–Crippen LogP) is 0.555. The van der Waals surface area contributed by atoms with Crippen LogP contribution >= 0.6 is 0 Å². The van der Waals surface area contributed by atoms with Gasteiger partial charge >= 0.3 is 5.97 Å². The lowest BCUT2D eigenvalue weighted by Gasteiger charge is -2.22. The van der Waals surface area contributed by atoms with Crippen LogP contribution in [-0.4, -0.2) is 34.5 Å². The second-order valence-corrected chi connectivity index (χ2v) is 4.56. The van der Waals surface area contributed by atoms with E-state index in [9.17, 15) is 19.5 Å². The Hall–Kier alpha value is -2.57. The van der Waals surface area contributed by atoms with Crippen LogP contribution in [0, 0.1) is 5.92 Å². The van der Waals surface area contributed by atoms with E-state index < -0.39 is 5.97 Å².